The molecule has 0 aromatic heterocycles. The number of hydrogen-bond acceptors (Lipinski definition) is 2. The van der Waals surface area contributed by atoms with Crippen molar-refractivity contribution in [1.82, 2.24) is 0 Å². The number of fused-ring (bicyclic) bond motifs is 5. The number of allylic oxidation sites excluding steroid dienone is 2. The van der Waals surface area contributed by atoms with Crippen LogP contribution in [0.1, 0.15) is 120 Å². The zero-order valence-corrected chi connectivity index (χ0v) is 23.3. The molecule has 4 saturated carbocycles. The Morgan fingerprint density at radius 3 is 2.15 bits per heavy atom. The Morgan fingerprint density at radius 2 is 1.52 bits per heavy atom. The van der Waals surface area contributed by atoms with E-state index in [1.54, 1.807) is 0 Å². The van der Waals surface area contributed by atoms with Crippen LogP contribution < -0.4 is 0 Å². The minimum Gasteiger partial charge on any atom is -0.393 e. The summed E-state index contributed by atoms with van der Waals surface area (Å²) in [4.78, 5) is 0. The largest absolute Gasteiger partial charge is 0.393 e. The maximum atomic E-state index is 11.9. The topological polar surface area (TPSA) is 40.5 Å². The average Bonchev–Trinajstić information content (AvgIpc) is 3.08. The van der Waals surface area contributed by atoms with Crippen molar-refractivity contribution in [3.63, 3.8) is 0 Å². The Balaban J connectivity index is 1.66. The summed E-state index contributed by atoms with van der Waals surface area (Å²) in [5.41, 5.74) is 2.37. The minimum atomic E-state index is -0.186. The van der Waals surface area contributed by atoms with E-state index in [9.17, 15) is 10.2 Å². The normalized spacial score (nSPS) is 49.1. The van der Waals surface area contributed by atoms with Gasteiger partial charge < -0.3 is 10.2 Å². The molecular weight excluding hydrogens is 404 g/mol. The molecule has 0 bridgehead atoms. The van der Waals surface area contributed by atoms with E-state index >= 15 is 0 Å². The molecule has 2 N–H and O–H groups in total. The smallest absolute Gasteiger partial charge is 0.0594 e. The predicted molar refractivity (Wildman–Crippen MR) is 139 cm³/mol. The number of aliphatic hydroxyl groups is 2. The zero-order valence-electron chi connectivity index (χ0n) is 23.3. The Kier molecular flexibility index (Phi) is 6.31. The average molecular weight is 459 g/mol. The van der Waals surface area contributed by atoms with Gasteiger partial charge in [0.25, 0.3) is 0 Å². The van der Waals surface area contributed by atoms with Crippen molar-refractivity contribution in [2.45, 2.75) is 132 Å². The molecule has 190 valence electrons. The Labute approximate surface area is 205 Å². The second kappa shape index (κ2) is 8.09. The van der Waals surface area contributed by atoms with Crippen LogP contribution in [-0.2, 0) is 0 Å². The van der Waals surface area contributed by atoms with Crippen molar-refractivity contribution in [2.24, 2.45) is 50.7 Å². The lowest BCUT2D eigenvalue weighted by Crippen LogP contribution is -2.66. The lowest BCUT2D eigenvalue weighted by molar-refractivity contribution is -0.244. The molecule has 0 spiro atoms. The van der Waals surface area contributed by atoms with Gasteiger partial charge in [-0.15, -0.1) is 0 Å². The van der Waals surface area contributed by atoms with Crippen molar-refractivity contribution >= 4 is 0 Å². The van der Waals surface area contributed by atoms with Crippen LogP contribution >= 0.6 is 0 Å². The zero-order chi connectivity index (χ0) is 24.6. The van der Waals surface area contributed by atoms with Gasteiger partial charge in [0.05, 0.1) is 12.2 Å². The fraction of sp³-hybridized carbons (Fsp3) is 0.935. The first-order chi connectivity index (χ1) is 15.1. The van der Waals surface area contributed by atoms with Crippen molar-refractivity contribution in [3.8, 4) is 0 Å². The van der Waals surface area contributed by atoms with Gasteiger partial charge in [-0.25, -0.2) is 0 Å². The highest BCUT2D eigenvalue weighted by atomic mass is 16.3. The maximum Gasteiger partial charge on any atom is 0.0594 e. The Morgan fingerprint density at radius 1 is 0.879 bits per heavy atom. The van der Waals surface area contributed by atoms with Crippen LogP contribution in [0.5, 0.6) is 0 Å². The van der Waals surface area contributed by atoms with E-state index in [2.05, 4.69) is 68.4 Å². The van der Waals surface area contributed by atoms with E-state index < -0.39 is 0 Å². The molecule has 33 heavy (non-hydrogen) atoms. The van der Waals surface area contributed by atoms with Gasteiger partial charge in [0, 0.05) is 0 Å². The van der Waals surface area contributed by atoms with Crippen molar-refractivity contribution in [3.05, 3.63) is 11.6 Å². The molecule has 0 saturated heterocycles. The molecule has 9 atom stereocenters. The van der Waals surface area contributed by atoms with Gasteiger partial charge in [0.15, 0.2) is 0 Å². The standard InChI is InChI=1S/C31H54O2/c1-20(2)11-10-15-27(3,4)21-12-17-31(9)26(21)22(32)19-24-29(7)16-14-25(33)28(5,6)23(29)13-18-30(24,31)8/h11,21-26,32-33H,10,12-19H2,1-9H3/t21?,22?,23?,24?,25-,26-,29-,30+,31+/m0/s1. The van der Waals surface area contributed by atoms with Crippen LogP contribution in [-0.4, -0.2) is 22.4 Å². The maximum absolute atomic E-state index is 11.9. The van der Waals surface area contributed by atoms with Gasteiger partial charge in [-0.3, -0.25) is 0 Å². The van der Waals surface area contributed by atoms with Gasteiger partial charge in [-0.05, 0) is 122 Å². The summed E-state index contributed by atoms with van der Waals surface area (Å²) in [6.07, 6.45) is 12.4. The summed E-state index contributed by atoms with van der Waals surface area (Å²) in [5, 5.41) is 22.8. The lowest BCUT2D eigenvalue weighted by atomic mass is 9.35. The molecular formula is C31H54O2. The summed E-state index contributed by atoms with van der Waals surface area (Å²) in [7, 11) is 0. The number of rotatable bonds is 4. The molecule has 2 nitrogen and oxygen atoms in total. The van der Waals surface area contributed by atoms with E-state index in [4.69, 9.17) is 0 Å². The summed E-state index contributed by atoms with van der Waals surface area (Å²) in [6.45, 7) is 21.7. The van der Waals surface area contributed by atoms with Crippen LogP contribution in [0.3, 0.4) is 0 Å². The molecule has 0 aromatic carbocycles. The van der Waals surface area contributed by atoms with Crippen molar-refractivity contribution in [1.29, 1.82) is 0 Å². The quantitative estimate of drug-likeness (QED) is 0.422. The third-order valence-electron chi connectivity index (χ3n) is 12.7. The first-order valence-corrected chi connectivity index (χ1v) is 14.1. The highest BCUT2D eigenvalue weighted by molar-refractivity contribution is 5.19. The molecule has 0 aliphatic heterocycles. The van der Waals surface area contributed by atoms with E-state index in [1.165, 1.54) is 37.7 Å². The third kappa shape index (κ3) is 3.62. The molecule has 0 radical (unpaired) electrons. The molecule has 2 heteroatoms. The Hall–Kier alpha value is -0.340. The lowest BCUT2D eigenvalue weighted by Gasteiger charge is -2.70. The number of aliphatic hydroxyl groups excluding tert-OH is 2. The van der Waals surface area contributed by atoms with Gasteiger partial charge >= 0.3 is 0 Å². The van der Waals surface area contributed by atoms with Crippen molar-refractivity contribution < 1.29 is 10.2 Å². The first-order valence-electron chi connectivity index (χ1n) is 14.1. The van der Waals surface area contributed by atoms with Crippen LogP contribution in [0, 0.1) is 50.7 Å². The van der Waals surface area contributed by atoms with Crippen molar-refractivity contribution in [2.75, 3.05) is 0 Å². The summed E-state index contributed by atoms with van der Waals surface area (Å²) in [6, 6.07) is 0. The van der Waals surface area contributed by atoms with Crippen LogP contribution in [0.2, 0.25) is 0 Å². The van der Waals surface area contributed by atoms with Gasteiger partial charge in [-0.1, -0.05) is 60.1 Å². The molecule has 4 aliphatic carbocycles. The fourth-order valence-electron chi connectivity index (χ4n) is 10.5. The third-order valence-corrected chi connectivity index (χ3v) is 12.7. The molecule has 4 unspecified atom stereocenters. The first kappa shape index (κ1) is 25.7. The molecule has 0 aromatic rings. The minimum absolute atomic E-state index is 0.0256. The second-order valence-electron chi connectivity index (χ2n) is 15.1. The van der Waals surface area contributed by atoms with Crippen LogP contribution in [0.4, 0.5) is 0 Å². The summed E-state index contributed by atoms with van der Waals surface area (Å²) in [5.74, 6) is 2.13. The predicted octanol–water partition coefficient (Wildman–Crippen LogP) is 7.78. The molecule has 4 aliphatic rings. The van der Waals surface area contributed by atoms with Crippen LogP contribution in [0.25, 0.3) is 0 Å². The molecule has 4 fully saturated rings. The Bertz CT molecular complexity index is 776. The highest BCUT2D eigenvalue weighted by Crippen LogP contribution is 2.76. The summed E-state index contributed by atoms with van der Waals surface area (Å²) >= 11 is 0. The monoisotopic (exact) mass is 458 g/mol. The number of hydrogen-bond donors (Lipinski definition) is 2. The SMILES string of the molecule is CC(C)=CCCC(C)(C)C1CC[C@]2(C)[C@@H]1C(O)CC1[C@@]3(C)CC[C@H](O)C(C)(C)C3CC[C@]12C. The fourth-order valence-corrected chi connectivity index (χ4v) is 10.5. The van der Waals surface area contributed by atoms with E-state index in [-0.39, 0.29) is 39.3 Å². The van der Waals surface area contributed by atoms with Gasteiger partial charge in [0.2, 0.25) is 0 Å². The molecule has 4 rings (SSSR count). The summed E-state index contributed by atoms with van der Waals surface area (Å²) < 4.78 is 0. The van der Waals surface area contributed by atoms with E-state index in [0.29, 0.717) is 23.7 Å². The van der Waals surface area contributed by atoms with E-state index in [1.807, 2.05) is 0 Å². The molecule has 0 amide bonds. The van der Waals surface area contributed by atoms with Gasteiger partial charge in [0.1, 0.15) is 0 Å². The molecule has 0 heterocycles. The van der Waals surface area contributed by atoms with Crippen LogP contribution in [0.15, 0.2) is 11.6 Å². The van der Waals surface area contributed by atoms with Gasteiger partial charge in [-0.2, -0.15) is 0 Å². The van der Waals surface area contributed by atoms with E-state index in [0.717, 1.165) is 25.7 Å². The highest BCUT2D eigenvalue weighted by Gasteiger charge is 2.70. The second-order valence-corrected chi connectivity index (χ2v) is 15.1.